The van der Waals surface area contributed by atoms with Gasteiger partial charge in [-0.2, -0.15) is 0 Å². The zero-order valence-electron chi connectivity index (χ0n) is 12.0. The van der Waals surface area contributed by atoms with Crippen LogP contribution in [0.4, 0.5) is 5.69 Å². The molecule has 0 aliphatic heterocycles. The fraction of sp³-hybridized carbons (Fsp3) is 0.0556. The molecule has 3 nitrogen and oxygen atoms in total. The first kappa shape index (κ1) is 14.4. The van der Waals surface area contributed by atoms with Crippen LogP contribution in [-0.2, 0) is 4.79 Å². The first-order chi connectivity index (χ1) is 10.6. The van der Waals surface area contributed by atoms with Gasteiger partial charge in [-0.15, -0.1) is 0 Å². The molecular weight excluding hydrogens is 298 g/mol. The maximum absolute atomic E-state index is 11.1. The van der Waals surface area contributed by atoms with E-state index < -0.39 is 0 Å². The van der Waals surface area contributed by atoms with Gasteiger partial charge in [-0.05, 0) is 29.7 Å². The Morgan fingerprint density at radius 2 is 1.77 bits per heavy atom. The second-order valence-corrected chi connectivity index (χ2v) is 5.31. The number of nitrogens with one attached hydrogen (secondary N) is 1. The van der Waals surface area contributed by atoms with E-state index in [2.05, 4.69) is 5.32 Å². The third-order valence-electron chi connectivity index (χ3n) is 3.22. The quantitative estimate of drug-likeness (QED) is 0.718. The Bertz CT molecular complexity index is 840. The average Bonchev–Trinajstić information content (AvgIpc) is 2.50. The second kappa shape index (κ2) is 6.08. The van der Waals surface area contributed by atoms with Crippen molar-refractivity contribution in [1.82, 2.24) is 0 Å². The summed E-state index contributed by atoms with van der Waals surface area (Å²) in [5.41, 5.74) is 0.641. The number of fused-ring (bicyclic) bond motifs is 1. The topological polar surface area (TPSA) is 38.3 Å². The Hall–Kier alpha value is -2.52. The molecule has 3 aromatic carbocycles. The molecule has 0 unspecified atom stereocenters. The van der Waals surface area contributed by atoms with Crippen LogP contribution in [0.3, 0.4) is 0 Å². The van der Waals surface area contributed by atoms with Gasteiger partial charge >= 0.3 is 0 Å². The summed E-state index contributed by atoms with van der Waals surface area (Å²) in [5.74, 6) is 1.15. The van der Waals surface area contributed by atoms with Crippen LogP contribution in [0.2, 0.25) is 5.02 Å². The maximum Gasteiger partial charge on any atom is 0.221 e. The summed E-state index contributed by atoms with van der Waals surface area (Å²) in [6.07, 6.45) is 0. The van der Waals surface area contributed by atoms with Gasteiger partial charge in [0.2, 0.25) is 5.91 Å². The van der Waals surface area contributed by atoms with Gasteiger partial charge in [-0.3, -0.25) is 4.79 Å². The highest BCUT2D eigenvalue weighted by Crippen LogP contribution is 2.35. The second-order valence-electron chi connectivity index (χ2n) is 4.91. The van der Waals surface area contributed by atoms with Crippen molar-refractivity contribution in [1.29, 1.82) is 0 Å². The first-order valence-corrected chi connectivity index (χ1v) is 7.24. The lowest BCUT2D eigenvalue weighted by molar-refractivity contribution is -0.114. The normalized spacial score (nSPS) is 10.5. The number of rotatable bonds is 3. The van der Waals surface area contributed by atoms with E-state index in [1.165, 1.54) is 6.92 Å². The van der Waals surface area contributed by atoms with E-state index in [4.69, 9.17) is 16.3 Å². The lowest BCUT2D eigenvalue weighted by atomic mass is 10.1. The standard InChI is InChI=1S/C18H14ClNO2/c1-12(21)20-14-9-10-18(16(19)11-14)22-17-8-4-6-13-5-2-3-7-15(13)17/h2-11H,1H3,(H,20,21). The number of ether oxygens (including phenoxy) is 1. The molecule has 3 aromatic rings. The monoisotopic (exact) mass is 311 g/mol. The Balaban J connectivity index is 1.93. The predicted molar refractivity (Wildman–Crippen MR) is 89.8 cm³/mol. The van der Waals surface area contributed by atoms with E-state index >= 15 is 0 Å². The zero-order valence-corrected chi connectivity index (χ0v) is 12.7. The lowest BCUT2D eigenvalue weighted by Crippen LogP contribution is -2.05. The van der Waals surface area contributed by atoms with E-state index in [0.29, 0.717) is 16.5 Å². The number of hydrogen-bond acceptors (Lipinski definition) is 2. The van der Waals surface area contributed by atoms with Crippen LogP contribution in [0.15, 0.2) is 60.7 Å². The Labute approximate surface area is 133 Å². The van der Waals surface area contributed by atoms with Crippen molar-refractivity contribution in [3.05, 3.63) is 65.7 Å². The molecule has 0 aliphatic carbocycles. The van der Waals surface area contributed by atoms with Crippen LogP contribution < -0.4 is 10.1 Å². The van der Waals surface area contributed by atoms with Crippen molar-refractivity contribution in [3.63, 3.8) is 0 Å². The minimum absolute atomic E-state index is 0.140. The predicted octanol–water partition coefficient (Wildman–Crippen LogP) is 5.24. The summed E-state index contributed by atoms with van der Waals surface area (Å²) in [5, 5.41) is 5.25. The molecule has 0 saturated carbocycles. The molecular formula is C18H14ClNO2. The summed E-state index contributed by atoms with van der Waals surface area (Å²) in [6, 6.07) is 19.0. The van der Waals surface area contributed by atoms with Crippen molar-refractivity contribution >= 4 is 34.0 Å². The molecule has 1 N–H and O–H groups in total. The highest BCUT2D eigenvalue weighted by molar-refractivity contribution is 6.32. The lowest BCUT2D eigenvalue weighted by Gasteiger charge is -2.11. The first-order valence-electron chi connectivity index (χ1n) is 6.86. The van der Waals surface area contributed by atoms with Gasteiger partial charge < -0.3 is 10.1 Å². The van der Waals surface area contributed by atoms with E-state index in [0.717, 1.165) is 16.5 Å². The summed E-state index contributed by atoms with van der Waals surface area (Å²) in [7, 11) is 0. The van der Waals surface area contributed by atoms with Gasteiger partial charge in [-0.1, -0.05) is 48.0 Å². The van der Waals surface area contributed by atoms with Gasteiger partial charge in [-0.25, -0.2) is 0 Å². The van der Waals surface area contributed by atoms with Crippen LogP contribution in [0.5, 0.6) is 11.5 Å². The van der Waals surface area contributed by atoms with Gasteiger partial charge in [0.15, 0.2) is 0 Å². The van der Waals surface area contributed by atoms with Crippen molar-refractivity contribution in [2.75, 3.05) is 5.32 Å². The van der Waals surface area contributed by atoms with Crippen molar-refractivity contribution in [3.8, 4) is 11.5 Å². The smallest absolute Gasteiger partial charge is 0.221 e. The molecule has 0 saturated heterocycles. The van der Waals surface area contributed by atoms with Crippen molar-refractivity contribution in [2.45, 2.75) is 6.92 Å². The zero-order chi connectivity index (χ0) is 15.5. The Morgan fingerprint density at radius 1 is 1.00 bits per heavy atom. The largest absolute Gasteiger partial charge is 0.455 e. The average molecular weight is 312 g/mol. The SMILES string of the molecule is CC(=O)Nc1ccc(Oc2cccc3ccccc23)c(Cl)c1. The molecule has 22 heavy (non-hydrogen) atoms. The number of hydrogen-bond donors (Lipinski definition) is 1. The Morgan fingerprint density at radius 3 is 2.55 bits per heavy atom. The minimum atomic E-state index is -0.140. The molecule has 0 aliphatic rings. The summed E-state index contributed by atoms with van der Waals surface area (Å²) >= 11 is 6.24. The molecule has 0 aromatic heterocycles. The van der Waals surface area contributed by atoms with Crippen LogP contribution in [0.1, 0.15) is 6.92 Å². The molecule has 0 radical (unpaired) electrons. The fourth-order valence-electron chi connectivity index (χ4n) is 2.27. The van der Waals surface area contributed by atoms with E-state index in [1.807, 2.05) is 42.5 Å². The summed E-state index contributed by atoms with van der Waals surface area (Å²) in [6.45, 7) is 1.45. The molecule has 3 rings (SSSR count). The van der Waals surface area contributed by atoms with Crippen LogP contribution in [0.25, 0.3) is 10.8 Å². The van der Waals surface area contributed by atoms with Gasteiger partial charge in [0.1, 0.15) is 11.5 Å². The molecule has 0 atom stereocenters. The molecule has 1 amide bonds. The number of anilines is 1. The Kier molecular flexibility index (Phi) is 3.98. The van der Waals surface area contributed by atoms with E-state index in [1.54, 1.807) is 18.2 Å². The minimum Gasteiger partial charge on any atom is -0.455 e. The van der Waals surface area contributed by atoms with Crippen LogP contribution >= 0.6 is 11.6 Å². The van der Waals surface area contributed by atoms with Gasteiger partial charge in [0.05, 0.1) is 5.02 Å². The molecule has 0 heterocycles. The maximum atomic E-state index is 11.1. The highest BCUT2D eigenvalue weighted by Gasteiger charge is 2.08. The molecule has 0 fully saturated rings. The third kappa shape index (κ3) is 3.05. The van der Waals surface area contributed by atoms with Crippen LogP contribution in [-0.4, -0.2) is 5.91 Å². The summed E-state index contributed by atoms with van der Waals surface area (Å²) in [4.78, 5) is 11.1. The number of benzene rings is 3. The van der Waals surface area contributed by atoms with Gasteiger partial charge in [0, 0.05) is 18.0 Å². The summed E-state index contributed by atoms with van der Waals surface area (Å²) < 4.78 is 5.94. The number of amides is 1. The highest BCUT2D eigenvalue weighted by atomic mass is 35.5. The van der Waals surface area contributed by atoms with Crippen molar-refractivity contribution < 1.29 is 9.53 Å². The van der Waals surface area contributed by atoms with Crippen molar-refractivity contribution in [2.24, 2.45) is 0 Å². The molecule has 4 heteroatoms. The molecule has 0 spiro atoms. The van der Waals surface area contributed by atoms with Gasteiger partial charge in [0.25, 0.3) is 0 Å². The number of halogens is 1. The van der Waals surface area contributed by atoms with Crippen LogP contribution in [0, 0.1) is 0 Å². The van der Waals surface area contributed by atoms with E-state index in [9.17, 15) is 4.79 Å². The molecule has 0 bridgehead atoms. The van der Waals surface area contributed by atoms with E-state index in [-0.39, 0.29) is 5.91 Å². The number of carbonyl (C=O) groups is 1. The third-order valence-corrected chi connectivity index (χ3v) is 3.52. The fourth-order valence-corrected chi connectivity index (χ4v) is 2.49. The molecule has 110 valence electrons. The number of carbonyl (C=O) groups excluding carboxylic acids is 1.